The summed E-state index contributed by atoms with van der Waals surface area (Å²) in [5.74, 6) is 1.03. The third kappa shape index (κ3) is 5.36. The summed E-state index contributed by atoms with van der Waals surface area (Å²) in [6.45, 7) is 8.74. The Morgan fingerprint density at radius 3 is 2.43 bits per heavy atom. The Labute approximate surface area is 183 Å². The van der Waals surface area contributed by atoms with Crippen LogP contribution in [0.5, 0.6) is 0 Å². The van der Waals surface area contributed by atoms with E-state index in [2.05, 4.69) is 60.3 Å². The number of nitrogens with one attached hydrogen (secondary N) is 1. The molecule has 0 aliphatic rings. The highest BCUT2D eigenvalue weighted by Gasteiger charge is 2.17. The summed E-state index contributed by atoms with van der Waals surface area (Å²) >= 11 is 1.68. The Hall–Kier alpha value is -2.47. The Kier molecular flexibility index (Phi) is 8.20. The van der Waals surface area contributed by atoms with Gasteiger partial charge in [-0.3, -0.25) is 4.79 Å². The fraction of sp³-hybridized carbons (Fsp3) is 0.458. The highest BCUT2D eigenvalue weighted by molar-refractivity contribution is 7.19. The summed E-state index contributed by atoms with van der Waals surface area (Å²) in [5.41, 5.74) is 2.35. The van der Waals surface area contributed by atoms with Crippen LogP contribution in [0.25, 0.3) is 21.3 Å². The largest absolute Gasteiger partial charge is 0.369 e. The van der Waals surface area contributed by atoms with Gasteiger partial charge in [0.2, 0.25) is 5.91 Å². The second-order valence-electron chi connectivity index (χ2n) is 7.57. The minimum atomic E-state index is 0.222. The monoisotopic (exact) mass is 424 g/mol. The first-order valence-corrected chi connectivity index (χ1v) is 11.8. The Morgan fingerprint density at radius 1 is 1.07 bits per heavy atom. The number of thiophene rings is 1. The molecule has 3 aromatic rings. The molecule has 0 unspecified atom stereocenters. The molecule has 1 amide bonds. The highest BCUT2D eigenvalue weighted by atomic mass is 32.1. The normalized spacial score (nSPS) is 11.0. The Balaban J connectivity index is 1.74. The molecule has 0 spiro atoms. The lowest BCUT2D eigenvalue weighted by Gasteiger charge is -2.22. The molecule has 30 heavy (non-hydrogen) atoms. The highest BCUT2D eigenvalue weighted by Crippen LogP contribution is 2.40. The molecule has 0 aliphatic heterocycles. The zero-order valence-electron chi connectivity index (χ0n) is 18.3. The summed E-state index contributed by atoms with van der Waals surface area (Å²) in [6.07, 6.45) is 6.41. The van der Waals surface area contributed by atoms with E-state index in [1.807, 2.05) is 11.0 Å². The van der Waals surface area contributed by atoms with Crippen molar-refractivity contribution < 1.29 is 4.79 Å². The number of carbonyl (C=O) groups excluding carboxylic acids is 1. The molecule has 0 fully saturated rings. The third-order valence-corrected chi connectivity index (χ3v) is 6.29. The first kappa shape index (κ1) is 22.2. The predicted octanol–water partition coefficient (Wildman–Crippen LogP) is 5.90. The summed E-state index contributed by atoms with van der Waals surface area (Å²) in [6, 6.07) is 10.4. The minimum absolute atomic E-state index is 0.222. The van der Waals surface area contributed by atoms with Crippen molar-refractivity contribution in [2.24, 2.45) is 0 Å². The molecular formula is C24H32N4OS. The van der Waals surface area contributed by atoms with E-state index in [4.69, 9.17) is 0 Å². The number of hydrogen-bond acceptors (Lipinski definition) is 5. The van der Waals surface area contributed by atoms with Crippen LogP contribution in [0.4, 0.5) is 5.82 Å². The van der Waals surface area contributed by atoms with E-state index < -0.39 is 0 Å². The molecule has 0 radical (unpaired) electrons. The summed E-state index contributed by atoms with van der Waals surface area (Å²) in [4.78, 5) is 26.0. The molecule has 6 heteroatoms. The van der Waals surface area contributed by atoms with Crippen LogP contribution in [0.15, 0.2) is 36.7 Å². The molecule has 1 N–H and O–H groups in total. The number of anilines is 1. The fourth-order valence-electron chi connectivity index (χ4n) is 3.64. The van der Waals surface area contributed by atoms with Crippen LogP contribution in [0.2, 0.25) is 0 Å². The van der Waals surface area contributed by atoms with Crippen molar-refractivity contribution in [2.45, 2.75) is 52.9 Å². The van der Waals surface area contributed by atoms with Crippen molar-refractivity contribution in [1.82, 2.24) is 14.9 Å². The van der Waals surface area contributed by atoms with Gasteiger partial charge in [-0.1, -0.05) is 57.0 Å². The van der Waals surface area contributed by atoms with Gasteiger partial charge in [-0.2, -0.15) is 0 Å². The lowest BCUT2D eigenvalue weighted by molar-refractivity contribution is -0.131. The number of rotatable bonds is 11. The molecular weight excluding hydrogens is 392 g/mol. The SMILES string of the molecule is CCCCN(CCCC)C(=O)CCNc1ncnc2sc(C)c(-c3ccccc3)c12. The molecule has 5 nitrogen and oxygen atoms in total. The summed E-state index contributed by atoms with van der Waals surface area (Å²) in [7, 11) is 0. The molecule has 0 atom stereocenters. The number of nitrogens with zero attached hydrogens (tertiary/aromatic N) is 3. The molecule has 160 valence electrons. The molecule has 0 saturated heterocycles. The number of fused-ring (bicyclic) bond motifs is 1. The van der Waals surface area contributed by atoms with Crippen LogP contribution in [0.3, 0.4) is 0 Å². The molecule has 1 aromatic carbocycles. The van der Waals surface area contributed by atoms with Crippen LogP contribution in [-0.2, 0) is 4.79 Å². The standard InChI is InChI=1S/C24H32N4OS/c1-4-6-15-28(16-7-5-2)20(29)13-14-25-23-22-21(19-11-9-8-10-12-19)18(3)30-24(22)27-17-26-23/h8-12,17H,4-7,13-16H2,1-3H3,(H,25,26,27). The summed E-state index contributed by atoms with van der Waals surface area (Å²) < 4.78 is 0. The average Bonchev–Trinajstić information content (AvgIpc) is 3.11. The molecule has 3 rings (SSSR count). The van der Waals surface area contributed by atoms with Gasteiger partial charge in [0.1, 0.15) is 17.0 Å². The predicted molar refractivity (Wildman–Crippen MR) is 127 cm³/mol. The van der Waals surface area contributed by atoms with Crippen molar-refractivity contribution in [3.05, 3.63) is 41.5 Å². The van der Waals surface area contributed by atoms with Crippen molar-refractivity contribution in [2.75, 3.05) is 25.0 Å². The molecule has 0 aliphatic carbocycles. The zero-order valence-corrected chi connectivity index (χ0v) is 19.1. The Morgan fingerprint density at radius 2 is 1.77 bits per heavy atom. The van der Waals surface area contributed by atoms with Crippen LogP contribution >= 0.6 is 11.3 Å². The number of aromatic nitrogens is 2. The van der Waals surface area contributed by atoms with E-state index in [1.54, 1.807) is 17.7 Å². The van der Waals surface area contributed by atoms with E-state index in [-0.39, 0.29) is 5.91 Å². The van der Waals surface area contributed by atoms with Crippen molar-refractivity contribution in [3.8, 4) is 11.1 Å². The van der Waals surface area contributed by atoms with Gasteiger partial charge >= 0.3 is 0 Å². The van der Waals surface area contributed by atoms with E-state index in [1.165, 1.54) is 16.0 Å². The van der Waals surface area contributed by atoms with Gasteiger partial charge in [0.15, 0.2) is 0 Å². The number of carbonyl (C=O) groups is 1. The summed E-state index contributed by atoms with van der Waals surface area (Å²) in [5, 5.41) is 4.47. The zero-order chi connectivity index (χ0) is 21.3. The van der Waals surface area contributed by atoms with Crippen LogP contribution in [-0.4, -0.2) is 40.4 Å². The van der Waals surface area contributed by atoms with Gasteiger partial charge in [-0.25, -0.2) is 9.97 Å². The second kappa shape index (κ2) is 11.1. The van der Waals surface area contributed by atoms with Crippen LogP contribution in [0, 0.1) is 6.92 Å². The number of benzene rings is 1. The van der Waals surface area contributed by atoms with E-state index >= 15 is 0 Å². The number of aryl methyl sites for hydroxylation is 1. The van der Waals surface area contributed by atoms with Gasteiger partial charge in [0.05, 0.1) is 5.39 Å². The van der Waals surface area contributed by atoms with E-state index in [0.29, 0.717) is 13.0 Å². The van der Waals surface area contributed by atoms with Gasteiger partial charge in [-0.15, -0.1) is 11.3 Å². The van der Waals surface area contributed by atoms with Crippen molar-refractivity contribution >= 4 is 33.3 Å². The molecule has 2 heterocycles. The maximum Gasteiger partial charge on any atom is 0.224 e. The molecule has 0 bridgehead atoms. The van der Waals surface area contributed by atoms with Gasteiger partial charge in [0, 0.05) is 36.5 Å². The van der Waals surface area contributed by atoms with Crippen LogP contribution in [0.1, 0.15) is 50.8 Å². The lowest BCUT2D eigenvalue weighted by atomic mass is 10.0. The van der Waals surface area contributed by atoms with E-state index in [0.717, 1.165) is 54.8 Å². The average molecular weight is 425 g/mol. The maximum atomic E-state index is 12.8. The maximum absolute atomic E-state index is 12.8. The fourth-order valence-corrected chi connectivity index (χ4v) is 4.65. The van der Waals surface area contributed by atoms with Crippen molar-refractivity contribution in [1.29, 1.82) is 0 Å². The van der Waals surface area contributed by atoms with Crippen molar-refractivity contribution in [3.63, 3.8) is 0 Å². The lowest BCUT2D eigenvalue weighted by Crippen LogP contribution is -2.34. The van der Waals surface area contributed by atoms with Gasteiger partial charge in [-0.05, 0) is 25.3 Å². The van der Waals surface area contributed by atoms with Gasteiger partial charge in [0.25, 0.3) is 0 Å². The third-order valence-electron chi connectivity index (χ3n) is 5.27. The molecule has 2 aromatic heterocycles. The second-order valence-corrected chi connectivity index (χ2v) is 8.77. The Bertz CT molecular complexity index is 946. The minimum Gasteiger partial charge on any atom is -0.369 e. The number of unbranched alkanes of at least 4 members (excludes halogenated alkanes) is 2. The quantitative estimate of drug-likeness (QED) is 0.416. The number of hydrogen-bond donors (Lipinski definition) is 1. The topological polar surface area (TPSA) is 58.1 Å². The first-order chi connectivity index (χ1) is 14.7. The van der Waals surface area contributed by atoms with Gasteiger partial charge < -0.3 is 10.2 Å². The smallest absolute Gasteiger partial charge is 0.224 e. The van der Waals surface area contributed by atoms with E-state index in [9.17, 15) is 4.79 Å². The number of amides is 1. The molecule has 0 saturated carbocycles. The first-order valence-electron chi connectivity index (χ1n) is 11.0. The van der Waals surface area contributed by atoms with Crippen LogP contribution < -0.4 is 5.32 Å².